The molecule has 0 saturated carbocycles. The molecule has 21 heavy (non-hydrogen) atoms. The summed E-state index contributed by atoms with van der Waals surface area (Å²) in [6.07, 6.45) is 7.72. The molecule has 0 aromatic carbocycles. The Morgan fingerprint density at radius 3 is 2.52 bits per heavy atom. The van der Waals surface area contributed by atoms with Crippen molar-refractivity contribution >= 4 is 5.96 Å². The highest BCUT2D eigenvalue weighted by molar-refractivity contribution is 5.79. The van der Waals surface area contributed by atoms with E-state index in [9.17, 15) is 0 Å². The third-order valence-electron chi connectivity index (χ3n) is 3.76. The Labute approximate surface area is 130 Å². The van der Waals surface area contributed by atoms with Gasteiger partial charge in [-0.3, -0.25) is 4.99 Å². The van der Waals surface area contributed by atoms with Crippen LogP contribution < -0.4 is 10.6 Å². The first-order valence-corrected chi connectivity index (χ1v) is 8.60. The Hall–Kier alpha value is -0.810. The van der Waals surface area contributed by atoms with Gasteiger partial charge in [-0.1, -0.05) is 12.8 Å². The van der Waals surface area contributed by atoms with Gasteiger partial charge >= 0.3 is 0 Å². The Morgan fingerprint density at radius 1 is 1.10 bits per heavy atom. The number of methoxy groups -OCH3 is 1. The van der Waals surface area contributed by atoms with E-state index in [1.54, 1.807) is 7.11 Å². The molecule has 0 spiro atoms. The molecule has 0 bridgehead atoms. The molecule has 124 valence electrons. The standard InChI is InChI=1S/C16H34N4O/c1-3-17-16(19-11-9-15-21-2)18-10-8-14-20-12-6-4-5-7-13-20/h3-15H2,1-2H3,(H2,17,18,19). The van der Waals surface area contributed by atoms with Crippen molar-refractivity contribution in [2.24, 2.45) is 4.99 Å². The largest absolute Gasteiger partial charge is 0.385 e. The van der Waals surface area contributed by atoms with Gasteiger partial charge in [-0.15, -0.1) is 0 Å². The minimum Gasteiger partial charge on any atom is -0.385 e. The predicted octanol–water partition coefficient (Wildman–Crippen LogP) is 1.84. The van der Waals surface area contributed by atoms with E-state index in [-0.39, 0.29) is 0 Å². The van der Waals surface area contributed by atoms with Crippen LogP contribution in [0, 0.1) is 0 Å². The average molecular weight is 298 g/mol. The lowest BCUT2D eigenvalue weighted by Crippen LogP contribution is -2.39. The Balaban J connectivity index is 2.13. The Morgan fingerprint density at radius 2 is 1.86 bits per heavy atom. The van der Waals surface area contributed by atoms with E-state index < -0.39 is 0 Å². The number of hydrogen-bond donors (Lipinski definition) is 2. The van der Waals surface area contributed by atoms with Gasteiger partial charge in [-0.2, -0.15) is 0 Å². The van der Waals surface area contributed by atoms with Crippen molar-refractivity contribution < 1.29 is 4.74 Å². The van der Waals surface area contributed by atoms with Crippen molar-refractivity contribution in [1.29, 1.82) is 0 Å². The van der Waals surface area contributed by atoms with Crippen molar-refractivity contribution in [1.82, 2.24) is 15.5 Å². The van der Waals surface area contributed by atoms with Crippen LogP contribution in [0.3, 0.4) is 0 Å². The minimum absolute atomic E-state index is 0.776. The minimum atomic E-state index is 0.776. The first kappa shape index (κ1) is 18.2. The summed E-state index contributed by atoms with van der Waals surface area (Å²) >= 11 is 0. The molecule has 1 aliphatic heterocycles. The molecule has 1 fully saturated rings. The molecule has 0 amide bonds. The van der Waals surface area contributed by atoms with Crippen LogP contribution in [0.1, 0.15) is 45.4 Å². The van der Waals surface area contributed by atoms with Crippen molar-refractivity contribution in [2.45, 2.75) is 45.4 Å². The molecular formula is C16H34N4O. The van der Waals surface area contributed by atoms with Crippen molar-refractivity contribution in [3.05, 3.63) is 0 Å². The second kappa shape index (κ2) is 12.9. The summed E-state index contributed by atoms with van der Waals surface area (Å²) in [7, 11) is 1.73. The van der Waals surface area contributed by atoms with Gasteiger partial charge in [0.15, 0.2) is 5.96 Å². The van der Waals surface area contributed by atoms with E-state index >= 15 is 0 Å². The predicted molar refractivity (Wildman–Crippen MR) is 90.0 cm³/mol. The fraction of sp³-hybridized carbons (Fsp3) is 0.938. The van der Waals surface area contributed by atoms with E-state index in [2.05, 4.69) is 27.4 Å². The molecule has 0 atom stereocenters. The van der Waals surface area contributed by atoms with Gasteiger partial charge in [0.2, 0.25) is 0 Å². The zero-order valence-corrected chi connectivity index (χ0v) is 14.0. The van der Waals surface area contributed by atoms with Gasteiger partial charge in [0, 0.05) is 33.4 Å². The van der Waals surface area contributed by atoms with Crippen LogP contribution >= 0.6 is 0 Å². The van der Waals surface area contributed by atoms with Crippen LogP contribution in [0.4, 0.5) is 0 Å². The van der Waals surface area contributed by atoms with Crippen molar-refractivity contribution in [3.8, 4) is 0 Å². The van der Waals surface area contributed by atoms with Crippen LogP contribution in [0.15, 0.2) is 4.99 Å². The molecule has 1 heterocycles. The second-order valence-electron chi connectivity index (χ2n) is 5.64. The number of ether oxygens (including phenoxy) is 1. The smallest absolute Gasteiger partial charge is 0.191 e. The molecule has 5 heteroatoms. The van der Waals surface area contributed by atoms with E-state index in [1.807, 2.05) is 0 Å². The first-order valence-electron chi connectivity index (χ1n) is 8.60. The van der Waals surface area contributed by atoms with Gasteiger partial charge in [0.1, 0.15) is 0 Å². The fourth-order valence-corrected chi connectivity index (χ4v) is 2.61. The highest BCUT2D eigenvalue weighted by Crippen LogP contribution is 2.09. The van der Waals surface area contributed by atoms with Gasteiger partial charge in [0.05, 0.1) is 0 Å². The number of rotatable bonds is 9. The molecule has 0 aromatic heterocycles. The zero-order valence-electron chi connectivity index (χ0n) is 14.0. The van der Waals surface area contributed by atoms with Crippen LogP contribution in [0.25, 0.3) is 0 Å². The SMILES string of the molecule is CCNC(=NCCCOC)NCCCN1CCCCCC1. The lowest BCUT2D eigenvalue weighted by molar-refractivity contribution is 0.197. The van der Waals surface area contributed by atoms with Gasteiger partial charge < -0.3 is 20.3 Å². The fourth-order valence-electron chi connectivity index (χ4n) is 2.61. The third-order valence-corrected chi connectivity index (χ3v) is 3.76. The highest BCUT2D eigenvalue weighted by atomic mass is 16.5. The van der Waals surface area contributed by atoms with E-state index in [0.717, 1.165) is 38.6 Å². The Bertz CT molecular complexity index is 263. The number of guanidine groups is 1. The van der Waals surface area contributed by atoms with Crippen LogP contribution in [0.2, 0.25) is 0 Å². The van der Waals surface area contributed by atoms with Gasteiger partial charge in [0.25, 0.3) is 0 Å². The lowest BCUT2D eigenvalue weighted by Gasteiger charge is -2.20. The zero-order chi connectivity index (χ0) is 15.2. The molecule has 1 saturated heterocycles. The second-order valence-corrected chi connectivity index (χ2v) is 5.64. The van der Waals surface area contributed by atoms with Crippen molar-refractivity contribution in [3.63, 3.8) is 0 Å². The number of likely N-dealkylation sites (tertiary alicyclic amines) is 1. The maximum atomic E-state index is 5.04. The number of nitrogens with one attached hydrogen (secondary N) is 2. The van der Waals surface area contributed by atoms with E-state index in [1.165, 1.54) is 51.7 Å². The van der Waals surface area contributed by atoms with E-state index in [0.29, 0.717) is 0 Å². The highest BCUT2D eigenvalue weighted by Gasteiger charge is 2.08. The van der Waals surface area contributed by atoms with Crippen LogP contribution in [0.5, 0.6) is 0 Å². The molecule has 1 aliphatic rings. The van der Waals surface area contributed by atoms with Crippen LogP contribution in [-0.4, -0.2) is 63.8 Å². The molecule has 2 N–H and O–H groups in total. The summed E-state index contributed by atoms with van der Waals surface area (Å²) in [5.41, 5.74) is 0. The normalized spacial score (nSPS) is 17.5. The number of hydrogen-bond acceptors (Lipinski definition) is 3. The quantitative estimate of drug-likeness (QED) is 0.387. The third kappa shape index (κ3) is 9.69. The summed E-state index contributed by atoms with van der Waals surface area (Å²) in [6, 6.07) is 0. The maximum absolute atomic E-state index is 5.04. The van der Waals surface area contributed by atoms with Crippen LogP contribution in [-0.2, 0) is 4.74 Å². The molecule has 0 radical (unpaired) electrons. The Kier molecular flexibility index (Phi) is 11.2. The topological polar surface area (TPSA) is 48.9 Å². The first-order chi connectivity index (χ1) is 10.4. The maximum Gasteiger partial charge on any atom is 0.191 e. The molecule has 1 rings (SSSR count). The number of aliphatic imine (C=N–C) groups is 1. The van der Waals surface area contributed by atoms with Gasteiger partial charge in [-0.25, -0.2) is 0 Å². The lowest BCUT2D eigenvalue weighted by atomic mass is 10.2. The molecule has 5 nitrogen and oxygen atoms in total. The number of nitrogens with zero attached hydrogens (tertiary/aromatic N) is 2. The monoisotopic (exact) mass is 298 g/mol. The summed E-state index contributed by atoms with van der Waals surface area (Å²) in [5, 5.41) is 6.72. The summed E-state index contributed by atoms with van der Waals surface area (Å²) in [5.74, 6) is 0.935. The molecule has 0 unspecified atom stereocenters. The molecule has 0 aromatic rings. The summed E-state index contributed by atoms with van der Waals surface area (Å²) in [4.78, 5) is 7.16. The molecule has 0 aliphatic carbocycles. The average Bonchev–Trinajstić information content (AvgIpc) is 2.76. The van der Waals surface area contributed by atoms with E-state index in [4.69, 9.17) is 4.74 Å². The van der Waals surface area contributed by atoms with Crippen molar-refractivity contribution in [2.75, 3.05) is 53.0 Å². The summed E-state index contributed by atoms with van der Waals surface area (Å²) < 4.78 is 5.04. The summed E-state index contributed by atoms with van der Waals surface area (Å²) in [6.45, 7) is 9.36. The van der Waals surface area contributed by atoms with Gasteiger partial charge in [-0.05, 0) is 52.2 Å². The molecular weight excluding hydrogens is 264 g/mol.